The molecule has 8 nitrogen and oxygen atoms in total. The van der Waals surface area contributed by atoms with E-state index in [1.807, 2.05) is 12.1 Å². The monoisotopic (exact) mass is 508 g/mol. The third-order valence-electron chi connectivity index (χ3n) is 7.53. The van der Waals surface area contributed by atoms with Crippen molar-refractivity contribution in [1.29, 1.82) is 0 Å². The van der Waals surface area contributed by atoms with Gasteiger partial charge in [0.05, 0.1) is 24.3 Å². The highest BCUT2D eigenvalue weighted by Crippen LogP contribution is 2.30. The predicted octanol–water partition coefficient (Wildman–Crippen LogP) is 3.39. The zero-order chi connectivity index (χ0) is 25.8. The van der Waals surface area contributed by atoms with Crippen molar-refractivity contribution >= 4 is 29.1 Å². The third kappa shape index (κ3) is 5.61. The fourth-order valence-electron chi connectivity index (χ4n) is 5.39. The second-order valence-corrected chi connectivity index (χ2v) is 9.87. The molecular weight excluding hydrogens is 475 g/mol. The molecule has 3 fully saturated rings. The number of ether oxygens (including phenoxy) is 1. The van der Waals surface area contributed by atoms with Crippen LogP contribution in [0.3, 0.4) is 0 Å². The van der Waals surface area contributed by atoms with E-state index in [9.17, 15) is 18.8 Å². The number of carbonyl (C=O) groups is 3. The number of anilines is 2. The van der Waals surface area contributed by atoms with Crippen LogP contribution in [0.4, 0.5) is 15.8 Å². The summed E-state index contributed by atoms with van der Waals surface area (Å²) in [6.45, 7) is 3.88. The molecule has 9 heteroatoms. The SMILES string of the molecule is O=C(Nc1ccc(N2CCN(C(=O)c3ccccc3F)CC2)c(C(=O)N2CCOCC2)c1)C1CCCC1. The Bertz CT molecular complexity index is 1150. The summed E-state index contributed by atoms with van der Waals surface area (Å²) in [4.78, 5) is 44.7. The lowest BCUT2D eigenvalue weighted by Crippen LogP contribution is -2.49. The average molecular weight is 509 g/mol. The van der Waals surface area contributed by atoms with Crippen LogP contribution in [0.25, 0.3) is 0 Å². The van der Waals surface area contributed by atoms with E-state index in [0.717, 1.165) is 31.4 Å². The van der Waals surface area contributed by atoms with Crippen molar-refractivity contribution in [3.8, 4) is 0 Å². The molecule has 2 aromatic carbocycles. The van der Waals surface area contributed by atoms with Gasteiger partial charge in [0.25, 0.3) is 11.8 Å². The van der Waals surface area contributed by atoms with Gasteiger partial charge in [0.15, 0.2) is 0 Å². The molecule has 3 amide bonds. The molecule has 1 saturated carbocycles. The molecule has 2 saturated heterocycles. The maximum atomic E-state index is 14.1. The van der Waals surface area contributed by atoms with E-state index in [0.29, 0.717) is 63.7 Å². The molecule has 2 heterocycles. The topological polar surface area (TPSA) is 82.2 Å². The molecule has 0 unspecified atom stereocenters. The molecule has 2 aromatic rings. The summed E-state index contributed by atoms with van der Waals surface area (Å²) in [6, 6.07) is 11.5. The van der Waals surface area contributed by atoms with Crippen LogP contribution in [0.2, 0.25) is 0 Å². The first-order chi connectivity index (χ1) is 18.0. The van der Waals surface area contributed by atoms with Gasteiger partial charge in [-0.2, -0.15) is 0 Å². The minimum Gasteiger partial charge on any atom is -0.378 e. The van der Waals surface area contributed by atoms with Crippen LogP contribution >= 0.6 is 0 Å². The first-order valence-corrected chi connectivity index (χ1v) is 13.1. The molecule has 0 spiro atoms. The summed E-state index contributed by atoms with van der Waals surface area (Å²) < 4.78 is 19.6. The standard InChI is InChI=1S/C28H33FN4O4/c29-24-8-4-3-7-22(24)27(35)32-13-11-31(12-14-32)25-10-9-21(30-26(34)20-5-1-2-6-20)19-23(25)28(36)33-15-17-37-18-16-33/h3-4,7-10,19-20H,1-2,5-6,11-18H2,(H,30,34). The number of amides is 3. The molecule has 0 aromatic heterocycles. The molecule has 0 radical (unpaired) electrons. The van der Waals surface area contributed by atoms with E-state index in [1.165, 1.54) is 12.1 Å². The van der Waals surface area contributed by atoms with Gasteiger partial charge in [0, 0.05) is 56.6 Å². The lowest BCUT2D eigenvalue weighted by Gasteiger charge is -2.37. The highest BCUT2D eigenvalue weighted by Gasteiger charge is 2.29. The Morgan fingerprint density at radius 3 is 2.16 bits per heavy atom. The fourth-order valence-corrected chi connectivity index (χ4v) is 5.39. The molecule has 0 bridgehead atoms. The largest absolute Gasteiger partial charge is 0.378 e. The third-order valence-corrected chi connectivity index (χ3v) is 7.53. The van der Waals surface area contributed by atoms with E-state index < -0.39 is 5.82 Å². The van der Waals surface area contributed by atoms with E-state index >= 15 is 0 Å². The van der Waals surface area contributed by atoms with E-state index in [4.69, 9.17) is 4.74 Å². The second-order valence-electron chi connectivity index (χ2n) is 9.87. The number of halogens is 1. The van der Waals surface area contributed by atoms with Crippen LogP contribution in [0, 0.1) is 11.7 Å². The Labute approximate surface area is 216 Å². The number of piperazine rings is 1. The number of hydrogen-bond acceptors (Lipinski definition) is 5. The lowest BCUT2D eigenvalue weighted by molar-refractivity contribution is -0.119. The molecule has 1 N–H and O–H groups in total. The van der Waals surface area contributed by atoms with Crippen LogP contribution in [0.5, 0.6) is 0 Å². The number of morpholine rings is 1. The normalized spacial score (nSPS) is 18.7. The molecule has 5 rings (SSSR count). The van der Waals surface area contributed by atoms with E-state index in [2.05, 4.69) is 10.2 Å². The quantitative estimate of drug-likeness (QED) is 0.670. The smallest absolute Gasteiger partial charge is 0.256 e. The van der Waals surface area contributed by atoms with Crippen molar-refractivity contribution in [2.75, 3.05) is 62.7 Å². The summed E-state index contributed by atoms with van der Waals surface area (Å²) in [5, 5.41) is 3.02. The van der Waals surface area contributed by atoms with E-state index in [1.54, 1.807) is 28.0 Å². The first-order valence-electron chi connectivity index (χ1n) is 13.1. The van der Waals surface area contributed by atoms with Crippen molar-refractivity contribution in [3.05, 3.63) is 59.4 Å². The Hall–Kier alpha value is -3.46. The molecule has 0 atom stereocenters. The molecule has 37 heavy (non-hydrogen) atoms. The molecular formula is C28H33FN4O4. The zero-order valence-corrected chi connectivity index (χ0v) is 21.0. The second kappa shape index (κ2) is 11.3. The summed E-state index contributed by atoms with van der Waals surface area (Å²) in [5.74, 6) is -0.913. The number of carbonyl (C=O) groups excluding carboxylic acids is 3. The number of hydrogen-bond donors (Lipinski definition) is 1. The van der Waals surface area contributed by atoms with Crippen molar-refractivity contribution in [3.63, 3.8) is 0 Å². The zero-order valence-electron chi connectivity index (χ0n) is 21.0. The maximum Gasteiger partial charge on any atom is 0.256 e. The van der Waals surface area contributed by atoms with Crippen LogP contribution in [0.15, 0.2) is 42.5 Å². The van der Waals surface area contributed by atoms with Crippen LogP contribution in [-0.4, -0.2) is 80.0 Å². The van der Waals surface area contributed by atoms with Gasteiger partial charge < -0.3 is 24.8 Å². The Morgan fingerprint density at radius 1 is 0.811 bits per heavy atom. The summed E-state index contributed by atoms with van der Waals surface area (Å²) in [7, 11) is 0. The Morgan fingerprint density at radius 2 is 1.46 bits per heavy atom. The van der Waals surface area contributed by atoms with Crippen LogP contribution < -0.4 is 10.2 Å². The van der Waals surface area contributed by atoms with Gasteiger partial charge in [-0.3, -0.25) is 14.4 Å². The maximum absolute atomic E-state index is 14.1. The van der Waals surface area contributed by atoms with Gasteiger partial charge in [0.2, 0.25) is 5.91 Å². The highest BCUT2D eigenvalue weighted by molar-refractivity contribution is 6.02. The molecule has 2 aliphatic heterocycles. The Balaban J connectivity index is 1.34. The van der Waals surface area contributed by atoms with E-state index in [-0.39, 0.29) is 29.2 Å². The molecule has 3 aliphatic rings. The van der Waals surface area contributed by atoms with Crippen LogP contribution in [0.1, 0.15) is 46.4 Å². The summed E-state index contributed by atoms with van der Waals surface area (Å²) in [6.07, 6.45) is 3.95. The predicted molar refractivity (Wildman–Crippen MR) is 138 cm³/mol. The van der Waals surface area contributed by atoms with Gasteiger partial charge in [0.1, 0.15) is 5.82 Å². The summed E-state index contributed by atoms with van der Waals surface area (Å²) in [5.41, 5.74) is 1.99. The average Bonchev–Trinajstić information content (AvgIpc) is 3.49. The Kier molecular flexibility index (Phi) is 7.69. The number of benzene rings is 2. The van der Waals surface area contributed by atoms with Gasteiger partial charge in [-0.05, 0) is 43.2 Å². The van der Waals surface area contributed by atoms with Gasteiger partial charge in [-0.25, -0.2) is 4.39 Å². The highest BCUT2D eigenvalue weighted by atomic mass is 19.1. The number of nitrogens with one attached hydrogen (secondary N) is 1. The van der Waals surface area contributed by atoms with Crippen LogP contribution in [-0.2, 0) is 9.53 Å². The lowest BCUT2D eigenvalue weighted by atomic mass is 10.1. The first kappa shape index (κ1) is 25.2. The number of rotatable bonds is 5. The van der Waals surface area contributed by atoms with Gasteiger partial charge >= 0.3 is 0 Å². The minimum atomic E-state index is -0.524. The van der Waals surface area contributed by atoms with Crippen molar-refractivity contribution in [1.82, 2.24) is 9.80 Å². The molecule has 1 aliphatic carbocycles. The number of nitrogens with zero attached hydrogens (tertiary/aromatic N) is 3. The van der Waals surface area contributed by atoms with Gasteiger partial charge in [-0.1, -0.05) is 25.0 Å². The van der Waals surface area contributed by atoms with Crippen molar-refractivity contribution in [2.45, 2.75) is 25.7 Å². The minimum absolute atomic E-state index is 0.00953. The van der Waals surface area contributed by atoms with Gasteiger partial charge in [-0.15, -0.1) is 0 Å². The van der Waals surface area contributed by atoms with Crippen molar-refractivity contribution in [2.24, 2.45) is 5.92 Å². The van der Waals surface area contributed by atoms with Crippen molar-refractivity contribution < 1.29 is 23.5 Å². The molecule has 196 valence electrons. The fraction of sp³-hybridized carbons (Fsp3) is 0.464. The summed E-state index contributed by atoms with van der Waals surface area (Å²) >= 11 is 0.